The average molecular weight is 681 g/mol. The normalized spacial score (nSPS) is 14.7. The number of ether oxygens (including phenoxy) is 1. The van der Waals surface area contributed by atoms with Crippen LogP contribution in [-0.4, -0.2) is 54.1 Å². The van der Waals surface area contributed by atoms with Gasteiger partial charge in [0, 0.05) is 57.3 Å². The van der Waals surface area contributed by atoms with E-state index in [9.17, 15) is 36.7 Å². The van der Waals surface area contributed by atoms with Crippen LogP contribution in [0.25, 0.3) is 11.1 Å². The van der Waals surface area contributed by atoms with Gasteiger partial charge in [0.2, 0.25) is 0 Å². The summed E-state index contributed by atoms with van der Waals surface area (Å²) in [4.78, 5) is 40.8. The summed E-state index contributed by atoms with van der Waals surface area (Å²) in [5.41, 5.74) is 0.919. The molecule has 2 N–H and O–H groups in total. The van der Waals surface area contributed by atoms with Crippen LogP contribution in [0.2, 0.25) is 0 Å². The van der Waals surface area contributed by atoms with E-state index in [1.807, 2.05) is 0 Å². The monoisotopic (exact) mass is 680 g/mol. The van der Waals surface area contributed by atoms with Crippen LogP contribution in [0, 0.1) is 18.6 Å². The molecule has 11 nitrogen and oxygen atoms in total. The third kappa shape index (κ3) is 7.29. The first kappa shape index (κ1) is 34.4. The summed E-state index contributed by atoms with van der Waals surface area (Å²) in [5, 5.41) is 9.76. The van der Waals surface area contributed by atoms with E-state index in [0.717, 1.165) is 35.3 Å². The van der Waals surface area contributed by atoms with E-state index >= 15 is 0 Å². The summed E-state index contributed by atoms with van der Waals surface area (Å²) in [6.45, 7) is 2.91. The molecule has 3 aromatic carbocycles. The van der Waals surface area contributed by atoms with Crippen molar-refractivity contribution >= 4 is 27.9 Å². The predicted octanol–water partition coefficient (Wildman–Crippen LogP) is 4.15. The Morgan fingerprint density at radius 3 is 2.29 bits per heavy atom. The van der Waals surface area contributed by atoms with Gasteiger partial charge < -0.3 is 14.4 Å². The molecule has 14 heteroatoms. The van der Waals surface area contributed by atoms with E-state index in [1.54, 1.807) is 50.4 Å². The fourth-order valence-corrected chi connectivity index (χ4v) is 6.63. The molecule has 1 fully saturated rings. The fourth-order valence-electron chi connectivity index (χ4n) is 5.58. The number of rotatable bonds is 10. The van der Waals surface area contributed by atoms with Crippen molar-refractivity contribution in [3.8, 4) is 11.1 Å². The first-order valence-corrected chi connectivity index (χ1v) is 16.6. The molecule has 0 bridgehead atoms. The topological polar surface area (TPSA) is 149 Å². The van der Waals surface area contributed by atoms with Crippen LogP contribution in [0.4, 0.5) is 14.5 Å². The number of benzene rings is 3. The number of carboxylic acid groups (broad SMARTS) is 1. The lowest BCUT2D eigenvalue weighted by atomic mass is 9.92. The van der Waals surface area contributed by atoms with Crippen molar-refractivity contribution in [2.24, 2.45) is 19.1 Å². The van der Waals surface area contributed by atoms with Crippen LogP contribution in [0.3, 0.4) is 0 Å². The highest BCUT2D eigenvalue weighted by atomic mass is 32.2. The largest absolute Gasteiger partial charge is 0.480 e. The van der Waals surface area contributed by atoms with Crippen molar-refractivity contribution in [1.29, 1.82) is 0 Å². The van der Waals surface area contributed by atoms with Crippen LogP contribution < -0.4 is 16.0 Å². The molecule has 4 aromatic rings. The summed E-state index contributed by atoms with van der Waals surface area (Å²) >= 11 is 0. The molecule has 2 heterocycles. The van der Waals surface area contributed by atoms with Gasteiger partial charge in [-0.1, -0.05) is 36.4 Å². The Morgan fingerprint density at radius 2 is 1.67 bits per heavy atom. The van der Waals surface area contributed by atoms with Gasteiger partial charge in [0.1, 0.15) is 11.6 Å². The Bertz CT molecular complexity index is 2100. The van der Waals surface area contributed by atoms with Crippen molar-refractivity contribution in [2.45, 2.75) is 43.0 Å². The molecular weight excluding hydrogens is 646 g/mol. The molecule has 0 amide bonds. The average Bonchev–Trinajstić information content (AvgIpc) is 3.07. The Balaban J connectivity index is 1.30. The molecule has 1 aliphatic rings. The quantitative estimate of drug-likeness (QED) is 0.239. The molecule has 0 unspecified atom stereocenters. The molecule has 1 aliphatic heterocycles. The molecule has 0 radical (unpaired) electrons. The van der Waals surface area contributed by atoms with Crippen molar-refractivity contribution in [3.63, 3.8) is 0 Å². The van der Waals surface area contributed by atoms with Crippen LogP contribution in [0.15, 0.2) is 80.1 Å². The van der Waals surface area contributed by atoms with Crippen LogP contribution in [0.1, 0.15) is 41.1 Å². The second-order valence-corrected chi connectivity index (χ2v) is 13.3. The zero-order chi connectivity index (χ0) is 34.7. The number of anilines is 1. The van der Waals surface area contributed by atoms with Gasteiger partial charge in [-0.2, -0.15) is 0 Å². The standard InChI is InChI=1S/C34H34F2N4O7S/c1-20-31(32(41)40(3)34(44)39(20)2)24-6-4-21(5-7-24)16-30(33(42)43)37-19-25-17-28(36)29(18-27(25)35)38-48(45,46)26-10-8-22(9-11-26)23-12-14-47-15-13-23/h4-11,17-19,23,30,38H,12-16H2,1-3H3,(H,42,43)/t30-/m0/s1. The highest BCUT2D eigenvalue weighted by Crippen LogP contribution is 2.29. The molecule has 1 aromatic heterocycles. The number of nitrogens with one attached hydrogen (secondary N) is 1. The summed E-state index contributed by atoms with van der Waals surface area (Å²) < 4.78 is 65.7. The Labute approximate surface area is 275 Å². The lowest BCUT2D eigenvalue weighted by Gasteiger charge is -2.22. The number of halogens is 2. The van der Waals surface area contributed by atoms with Crippen LogP contribution in [-0.2, 0) is 40.1 Å². The van der Waals surface area contributed by atoms with Crippen LogP contribution >= 0.6 is 0 Å². The van der Waals surface area contributed by atoms with Crippen molar-refractivity contribution in [2.75, 3.05) is 17.9 Å². The fraction of sp³-hybridized carbons (Fsp3) is 0.294. The molecule has 1 saturated heterocycles. The SMILES string of the molecule is Cc1c(-c2ccc(C[C@H](N=Cc3cc(F)c(NS(=O)(=O)c4ccc(C5CCOCC5)cc4)cc3F)C(=O)O)cc2)c(=O)n(C)c(=O)n1C. The van der Waals surface area contributed by atoms with Gasteiger partial charge in [0.05, 0.1) is 16.1 Å². The van der Waals surface area contributed by atoms with E-state index < -0.39 is 50.6 Å². The Morgan fingerprint density at radius 1 is 1.02 bits per heavy atom. The zero-order valence-electron chi connectivity index (χ0n) is 26.4. The summed E-state index contributed by atoms with van der Waals surface area (Å²) in [6, 6.07) is 12.7. The number of sulfonamides is 1. The number of aliphatic carboxylic acids is 1. The number of hydrogen-bond acceptors (Lipinski definition) is 7. The van der Waals surface area contributed by atoms with Gasteiger partial charge >= 0.3 is 11.7 Å². The number of carbonyl (C=O) groups is 1. The third-order valence-electron chi connectivity index (χ3n) is 8.52. The molecule has 1 atom stereocenters. The van der Waals surface area contributed by atoms with Crippen molar-refractivity contribution < 1.29 is 31.8 Å². The minimum Gasteiger partial charge on any atom is -0.480 e. The minimum atomic E-state index is -4.24. The maximum atomic E-state index is 15.0. The van der Waals surface area contributed by atoms with Gasteiger partial charge in [-0.15, -0.1) is 0 Å². The molecule has 0 saturated carbocycles. The zero-order valence-corrected chi connectivity index (χ0v) is 27.3. The van der Waals surface area contributed by atoms with E-state index in [4.69, 9.17) is 4.74 Å². The van der Waals surface area contributed by atoms with E-state index in [1.165, 1.54) is 23.7 Å². The maximum Gasteiger partial charge on any atom is 0.330 e. The van der Waals surface area contributed by atoms with Crippen molar-refractivity contribution in [3.05, 3.63) is 116 Å². The number of aliphatic imine (C=N–C) groups is 1. The van der Waals surface area contributed by atoms with E-state index in [2.05, 4.69) is 9.71 Å². The molecule has 252 valence electrons. The minimum absolute atomic E-state index is 0.105. The number of nitrogens with zero attached hydrogens (tertiary/aromatic N) is 3. The second-order valence-electron chi connectivity index (χ2n) is 11.6. The molecular formula is C34H34F2N4O7S. The lowest BCUT2D eigenvalue weighted by Crippen LogP contribution is -2.39. The molecule has 5 rings (SSSR count). The number of carboxylic acids is 1. The molecule has 0 aliphatic carbocycles. The predicted molar refractivity (Wildman–Crippen MR) is 176 cm³/mol. The first-order valence-electron chi connectivity index (χ1n) is 15.1. The smallest absolute Gasteiger partial charge is 0.330 e. The first-order chi connectivity index (χ1) is 22.8. The van der Waals surface area contributed by atoms with Crippen LogP contribution in [0.5, 0.6) is 0 Å². The number of hydrogen-bond donors (Lipinski definition) is 2. The van der Waals surface area contributed by atoms with E-state index in [-0.39, 0.29) is 22.8 Å². The Hall–Kier alpha value is -4.95. The molecule has 0 spiro atoms. The van der Waals surface area contributed by atoms with E-state index in [0.29, 0.717) is 41.7 Å². The maximum absolute atomic E-state index is 15.0. The second kappa shape index (κ2) is 14.0. The molecule has 48 heavy (non-hydrogen) atoms. The summed E-state index contributed by atoms with van der Waals surface area (Å²) in [5.74, 6) is -3.16. The highest BCUT2D eigenvalue weighted by molar-refractivity contribution is 7.92. The highest BCUT2D eigenvalue weighted by Gasteiger charge is 2.22. The van der Waals surface area contributed by atoms with Gasteiger partial charge in [-0.3, -0.25) is 19.1 Å². The van der Waals surface area contributed by atoms with Gasteiger partial charge in [-0.25, -0.2) is 26.8 Å². The van der Waals surface area contributed by atoms with Crippen molar-refractivity contribution in [1.82, 2.24) is 9.13 Å². The van der Waals surface area contributed by atoms with Gasteiger partial charge in [0.25, 0.3) is 15.6 Å². The number of aromatic nitrogens is 2. The van der Waals surface area contributed by atoms with Gasteiger partial charge in [-0.05, 0) is 60.6 Å². The third-order valence-corrected chi connectivity index (χ3v) is 9.90. The Kier molecular flexibility index (Phi) is 10.1. The summed E-state index contributed by atoms with van der Waals surface area (Å²) in [7, 11) is -1.31. The lowest BCUT2D eigenvalue weighted by molar-refractivity contribution is -0.138. The summed E-state index contributed by atoms with van der Waals surface area (Å²) in [6.07, 6.45) is 2.43. The van der Waals surface area contributed by atoms with Gasteiger partial charge in [0.15, 0.2) is 6.04 Å².